The number of phenols is 1. The second-order valence-electron chi connectivity index (χ2n) is 7.73. The molecule has 0 heterocycles. The number of benzene rings is 4. The molecular weight excluding hydrogens is 484 g/mol. The summed E-state index contributed by atoms with van der Waals surface area (Å²) in [6.07, 6.45) is 0.766. The van der Waals surface area contributed by atoms with Crippen LogP contribution < -0.4 is 14.2 Å². The minimum atomic E-state index is -0.157. The monoisotopic (exact) mass is 514 g/mol. The summed E-state index contributed by atoms with van der Waals surface area (Å²) in [5.74, 6) is 1.62. The maximum Gasteiger partial charge on any atom is 0.193 e. The van der Waals surface area contributed by atoms with E-state index in [1.54, 1.807) is 31.4 Å². The Morgan fingerprint density at radius 1 is 0.684 bits per heavy atom. The number of hydrogen-bond acceptors (Lipinski definition) is 7. The number of aldehydes is 1. The second kappa shape index (κ2) is 15.3. The zero-order chi connectivity index (χ0) is 27.9. The molecule has 38 heavy (non-hydrogen) atoms. The molecule has 0 saturated carbocycles. The highest BCUT2D eigenvalue weighted by Crippen LogP contribution is 2.26. The molecule has 0 amide bonds. The van der Waals surface area contributed by atoms with E-state index in [1.165, 1.54) is 33.3 Å². The lowest BCUT2D eigenvalue weighted by Gasteiger charge is -2.06. The van der Waals surface area contributed by atoms with Crippen molar-refractivity contribution in [3.05, 3.63) is 119 Å². The largest absolute Gasteiger partial charge is 0.507 e. The van der Waals surface area contributed by atoms with Gasteiger partial charge in [-0.25, -0.2) is 0 Å². The average Bonchev–Trinajstić information content (AvgIpc) is 2.97. The van der Waals surface area contributed by atoms with Gasteiger partial charge in [-0.2, -0.15) is 0 Å². The maximum absolute atomic E-state index is 11.8. The van der Waals surface area contributed by atoms with Crippen molar-refractivity contribution in [2.75, 3.05) is 21.3 Å². The molecule has 0 bridgehead atoms. The normalized spacial score (nSPS) is 9.47. The first-order valence-corrected chi connectivity index (χ1v) is 11.5. The number of Topliss-reactive ketones (excluding diaryl/α,β-unsaturated/α-hetero) is 1. The van der Waals surface area contributed by atoms with Crippen LogP contribution in [0.3, 0.4) is 0 Å². The van der Waals surface area contributed by atoms with Crippen LogP contribution in [0, 0.1) is 0 Å². The number of hydrogen-bond donors (Lipinski definition) is 1. The Morgan fingerprint density at radius 2 is 1.24 bits per heavy atom. The summed E-state index contributed by atoms with van der Waals surface area (Å²) in [4.78, 5) is 33.1. The molecule has 0 aliphatic heterocycles. The van der Waals surface area contributed by atoms with Crippen LogP contribution in [0.5, 0.6) is 23.0 Å². The van der Waals surface area contributed by atoms with Crippen molar-refractivity contribution < 1.29 is 33.7 Å². The number of phenolic OH excluding ortho intramolecular Hbond substituents is 1. The van der Waals surface area contributed by atoms with Crippen molar-refractivity contribution in [2.24, 2.45) is 0 Å². The number of methoxy groups -OCH3 is 3. The number of carbonyl (C=O) groups is 3. The van der Waals surface area contributed by atoms with E-state index in [1.807, 2.05) is 60.7 Å². The van der Waals surface area contributed by atoms with Crippen molar-refractivity contribution in [3.63, 3.8) is 0 Å². The Kier molecular flexibility index (Phi) is 11.8. The van der Waals surface area contributed by atoms with Crippen LogP contribution in [0.25, 0.3) is 0 Å². The van der Waals surface area contributed by atoms with Gasteiger partial charge in [-0.15, -0.1) is 0 Å². The van der Waals surface area contributed by atoms with Gasteiger partial charge in [-0.3, -0.25) is 14.4 Å². The molecule has 0 radical (unpaired) electrons. The van der Waals surface area contributed by atoms with E-state index in [0.29, 0.717) is 28.4 Å². The van der Waals surface area contributed by atoms with E-state index in [-0.39, 0.29) is 17.3 Å². The summed E-state index contributed by atoms with van der Waals surface area (Å²) in [5, 5.41) is 9.29. The lowest BCUT2D eigenvalue weighted by Crippen LogP contribution is -1.99. The molecule has 0 saturated heterocycles. The molecule has 196 valence electrons. The van der Waals surface area contributed by atoms with Gasteiger partial charge in [0.15, 0.2) is 23.1 Å². The maximum atomic E-state index is 11.8. The lowest BCUT2D eigenvalue weighted by molar-refractivity contribution is 0.101. The average molecular weight is 515 g/mol. The van der Waals surface area contributed by atoms with E-state index in [9.17, 15) is 19.5 Å². The highest BCUT2D eigenvalue weighted by molar-refractivity contribution is 6.08. The van der Waals surface area contributed by atoms with Crippen LogP contribution in [0.2, 0.25) is 0 Å². The number of aromatic hydroxyl groups is 1. The topological polar surface area (TPSA) is 99.1 Å². The van der Waals surface area contributed by atoms with Crippen LogP contribution in [0.4, 0.5) is 0 Å². The number of carbonyl (C=O) groups excluding carboxylic acids is 3. The summed E-state index contributed by atoms with van der Waals surface area (Å²) >= 11 is 0. The minimum Gasteiger partial charge on any atom is -0.507 e. The fourth-order valence-corrected chi connectivity index (χ4v) is 3.21. The van der Waals surface area contributed by atoms with Crippen molar-refractivity contribution in [1.29, 1.82) is 0 Å². The third kappa shape index (κ3) is 8.64. The highest BCUT2D eigenvalue weighted by Gasteiger charge is 2.07. The predicted molar refractivity (Wildman–Crippen MR) is 146 cm³/mol. The molecule has 1 N–H and O–H groups in total. The van der Waals surface area contributed by atoms with Crippen molar-refractivity contribution in [1.82, 2.24) is 0 Å². The molecule has 0 unspecified atom stereocenters. The summed E-state index contributed by atoms with van der Waals surface area (Å²) in [6, 6.07) is 28.2. The smallest absolute Gasteiger partial charge is 0.193 e. The molecule has 7 heteroatoms. The van der Waals surface area contributed by atoms with Crippen LogP contribution >= 0.6 is 0 Å². The first-order valence-electron chi connectivity index (χ1n) is 11.5. The van der Waals surface area contributed by atoms with Gasteiger partial charge in [-0.05, 0) is 37.3 Å². The molecule has 0 spiro atoms. The van der Waals surface area contributed by atoms with Gasteiger partial charge in [0.05, 0.1) is 26.9 Å². The molecule has 7 nitrogen and oxygen atoms in total. The van der Waals surface area contributed by atoms with Crippen LogP contribution in [0.1, 0.15) is 43.6 Å². The third-order valence-corrected chi connectivity index (χ3v) is 5.20. The zero-order valence-corrected chi connectivity index (χ0v) is 21.7. The fraction of sp³-hybridized carbons (Fsp3) is 0.129. The molecule has 0 aromatic heterocycles. The summed E-state index contributed by atoms with van der Waals surface area (Å²) in [7, 11) is 4.59. The molecule has 4 aromatic rings. The molecule has 0 fully saturated rings. The van der Waals surface area contributed by atoms with Crippen LogP contribution in [0.15, 0.2) is 97.1 Å². The number of rotatable bonds is 7. The van der Waals surface area contributed by atoms with Crippen LogP contribution in [-0.2, 0) is 0 Å². The third-order valence-electron chi connectivity index (χ3n) is 5.20. The molecule has 0 atom stereocenters. The van der Waals surface area contributed by atoms with E-state index in [4.69, 9.17) is 14.2 Å². The summed E-state index contributed by atoms with van der Waals surface area (Å²) in [5.41, 5.74) is 2.36. The van der Waals surface area contributed by atoms with E-state index in [0.717, 1.165) is 17.4 Å². The Labute approximate surface area is 222 Å². The molecular formula is C31H30O7. The van der Waals surface area contributed by atoms with Gasteiger partial charge in [0, 0.05) is 22.8 Å². The van der Waals surface area contributed by atoms with Gasteiger partial charge >= 0.3 is 0 Å². The standard InChI is InChI=1S/C13H10O.2C9H10O3/c14-13(11-7-3-1-4-8-11)12-9-5-2-6-10-12;1-11-8-4-3-7(6-10)5-9(8)12-2;1-6(10)8-4-3-7(12-2)5-9(8)11/h1-10H;3-6H,1-2H3;3-5,11H,1-2H3. The first kappa shape index (κ1) is 29.3. The van der Waals surface area contributed by atoms with Crippen molar-refractivity contribution >= 4 is 17.9 Å². The Bertz CT molecular complexity index is 1290. The molecule has 0 aliphatic carbocycles. The van der Waals surface area contributed by atoms with Gasteiger partial charge in [0.25, 0.3) is 0 Å². The highest BCUT2D eigenvalue weighted by atomic mass is 16.5. The fourth-order valence-electron chi connectivity index (χ4n) is 3.21. The minimum absolute atomic E-state index is 0.0400. The second-order valence-corrected chi connectivity index (χ2v) is 7.73. The summed E-state index contributed by atoms with van der Waals surface area (Å²) in [6.45, 7) is 1.40. The Morgan fingerprint density at radius 3 is 1.66 bits per heavy atom. The van der Waals surface area contributed by atoms with Crippen molar-refractivity contribution in [2.45, 2.75) is 6.92 Å². The van der Waals surface area contributed by atoms with Gasteiger partial charge < -0.3 is 19.3 Å². The van der Waals surface area contributed by atoms with Gasteiger partial charge in [0.2, 0.25) is 0 Å². The van der Waals surface area contributed by atoms with E-state index >= 15 is 0 Å². The predicted octanol–water partition coefficient (Wildman–Crippen LogP) is 6.04. The van der Waals surface area contributed by atoms with Gasteiger partial charge in [-0.1, -0.05) is 60.7 Å². The van der Waals surface area contributed by atoms with E-state index in [2.05, 4.69) is 0 Å². The van der Waals surface area contributed by atoms with Gasteiger partial charge in [0.1, 0.15) is 17.8 Å². The van der Waals surface area contributed by atoms with Crippen molar-refractivity contribution in [3.8, 4) is 23.0 Å². The summed E-state index contributed by atoms with van der Waals surface area (Å²) < 4.78 is 14.8. The molecule has 0 aliphatic rings. The Hall–Kier alpha value is -4.91. The first-order chi connectivity index (χ1) is 18.3. The Balaban J connectivity index is 0.000000201. The van der Waals surface area contributed by atoms with Crippen LogP contribution in [-0.4, -0.2) is 44.3 Å². The zero-order valence-electron chi connectivity index (χ0n) is 21.7. The lowest BCUT2D eigenvalue weighted by atomic mass is 10.0. The number of ether oxygens (including phenoxy) is 3. The quantitative estimate of drug-likeness (QED) is 0.237. The SMILES string of the molecule is COc1ccc(C(C)=O)c(O)c1.COc1ccc(C=O)cc1OC.O=C(c1ccccc1)c1ccccc1. The molecule has 4 aromatic carbocycles. The number of ketones is 2. The van der Waals surface area contributed by atoms with E-state index < -0.39 is 0 Å². The molecule has 4 rings (SSSR count).